The Bertz CT molecular complexity index is 504. The Balaban J connectivity index is 2.13. The summed E-state index contributed by atoms with van der Waals surface area (Å²) in [6, 6.07) is 17.3. The second-order valence-electron chi connectivity index (χ2n) is 4.65. The largest absolute Gasteiger partial charge is 0.304 e. The normalized spacial score (nSPS) is 14.1. The van der Waals surface area contributed by atoms with E-state index in [2.05, 4.69) is 87.4 Å². The number of benzene rings is 2. The van der Waals surface area contributed by atoms with Crippen LogP contribution in [0.1, 0.15) is 37.1 Å². The zero-order chi connectivity index (χ0) is 13.8. The average molecular weight is 383 g/mol. The third kappa shape index (κ3) is 3.68. The van der Waals surface area contributed by atoms with Crippen molar-refractivity contribution in [1.82, 2.24) is 5.32 Å². The van der Waals surface area contributed by atoms with Crippen LogP contribution in [0.25, 0.3) is 0 Å². The standard InChI is InChI=1S/C16H17Br2N/c1-11(13-7-3-5-9-15(13)17)19-12(2)14-8-4-6-10-16(14)18/h3-12,19H,1-2H3/t11-,12?/m1/s1. The van der Waals surface area contributed by atoms with E-state index in [1.54, 1.807) is 0 Å². The molecule has 0 aliphatic carbocycles. The molecule has 0 spiro atoms. The highest BCUT2D eigenvalue weighted by Gasteiger charge is 2.14. The molecule has 19 heavy (non-hydrogen) atoms. The van der Waals surface area contributed by atoms with Gasteiger partial charge in [-0.3, -0.25) is 0 Å². The van der Waals surface area contributed by atoms with E-state index in [0.29, 0.717) is 0 Å². The van der Waals surface area contributed by atoms with Crippen LogP contribution in [0.5, 0.6) is 0 Å². The first kappa shape index (κ1) is 14.8. The molecule has 1 nitrogen and oxygen atoms in total. The number of rotatable bonds is 4. The maximum absolute atomic E-state index is 3.63. The van der Waals surface area contributed by atoms with Crippen LogP contribution in [-0.2, 0) is 0 Å². The molecule has 2 aromatic carbocycles. The molecule has 0 aromatic heterocycles. The predicted octanol–water partition coefficient (Wildman–Crippen LogP) is 5.62. The van der Waals surface area contributed by atoms with Crippen molar-refractivity contribution >= 4 is 31.9 Å². The van der Waals surface area contributed by atoms with Gasteiger partial charge in [0.25, 0.3) is 0 Å². The SMILES string of the molecule is CC(N[C@H](C)c1ccccc1Br)c1ccccc1Br. The highest BCUT2D eigenvalue weighted by Crippen LogP contribution is 2.28. The Morgan fingerprint density at radius 1 is 0.737 bits per heavy atom. The van der Waals surface area contributed by atoms with Crippen molar-refractivity contribution in [2.75, 3.05) is 0 Å². The van der Waals surface area contributed by atoms with Crippen LogP contribution < -0.4 is 5.32 Å². The predicted molar refractivity (Wildman–Crippen MR) is 88.2 cm³/mol. The van der Waals surface area contributed by atoms with Gasteiger partial charge in [0.15, 0.2) is 0 Å². The van der Waals surface area contributed by atoms with Gasteiger partial charge in [-0.15, -0.1) is 0 Å². The molecule has 0 amide bonds. The van der Waals surface area contributed by atoms with Crippen molar-refractivity contribution in [2.24, 2.45) is 0 Å². The van der Waals surface area contributed by atoms with Crippen molar-refractivity contribution in [2.45, 2.75) is 25.9 Å². The lowest BCUT2D eigenvalue weighted by atomic mass is 10.0. The molecule has 0 saturated heterocycles. The summed E-state index contributed by atoms with van der Waals surface area (Å²) in [6.07, 6.45) is 0. The molecule has 2 rings (SSSR count). The first-order valence-corrected chi connectivity index (χ1v) is 7.93. The molecule has 0 radical (unpaired) electrons. The molecular formula is C16H17Br2N. The van der Waals surface area contributed by atoms with Gasteiger partial charge in [-0.25, -0.2) is 0 Å². The fraction of sp³-hybridized carbons (Fsp3) is 0.250. The summed E-state index contributed by atoms with van der Waals surface area (Å²) >= 11 is 7.22. The van der Waals surface area contributed by atoms with Crippen LogP contribution in [0.15, 0.2) is 57.5 Å². The summed E-state index contributed by atoms with van der Waals surface area (Å²) in [5, 5.41) is 3.63. The van der Waals surface area contributed by atoms with E-state index in [1.165, 1.54) is 11.1 Å². The summed E-state index contributed by atoms with van der Waals surface area (Å²) in [5.41, 5.74) is 2.56. The summed E-state index contributed by atoms with van der Waals surface area (Å²) in [6.45, 7) is 4.38. The van der Waals surface area contributed by atoms with E-state index in [0.717, 1.165) is 8.95 Å². The maximum atomic E-state index is 3.63. The molecule has 0 fully saturated rings. The van der Waals surface area contributed by atoms with Gasteiger partial charge in [0.05, 0.1) is 0 Å². The fourth-order valence-electron chi connectivity index (χ4n) is 2.21. The lowest BCUT2D eigenvalue weighted by Gasteiger charge is -2.22. The van der Waals surface area contributed by atoms with E-state index in [9.17, 15) is 0 Å². The number of hydrogen-bond donors (Lipinski definition) is 1. The topological polar surface area (TPSA) is 12.0 Å². The van der Waals surface area contributed by atoms with Crippen LogP contribution in [-0.4, -0.2) is 0 Å². The summed E-state index contributed by atoms with van der Waals surface area (Å²) in [4.78, 5) is 0. The number of halogens is 2. The second-order valence-corrected chi connectivity index (χ2v) is 6.36. The Hall–Kier alpha value is -0.640. The first-order chi connectivity index (χ1) is 9.09. The molecule has 100 valence electrons. The van der Waals surface area contributed by atoms with E-state index in [1.807, 2.05) is 12.1 Å². The van der Waals surface area contributed by atoms with E-state index >= 15 is 0 Å². The first-order valence-electron chi connectivity index (χ1n) is 6.34. The van der Waals surface area contributed by atoms with Gasteiger partial charge in [0.2, 0.25) is 0 Å². The molecule has 2 aromatic rings. The molecule has 0 aliphatic heterocycles. The summed E-state index contributed by atoms with van der Waals surface area (Å²) in [5.74, 6) is 0. The molecule has 1 N–H and O–H groups in total. The molecule has 3 heteroatoms. The Morgan fingerprint density at radius 3 is 1.47 bits per heavy atom. The van der Waals surface area contributed by atoms with Crippen LogP contribution in [0, 0.1) is 0 Å². The Labute approximate surface area is 131 Å². The van der Waals surface area contributed by atoms with Crippen molar-refractivity contribution in [3.8, 4) is 0 Å². The van der Waals surface area contributed by atoms with E-state index < -0.39 is 0 Å². The number of hydrogen-bond acceptors (Lipinski definition) is 1. The minimum Gasteiger partial charge on any atom is -0.304 e. The van der Waals surface area contributed by atoms with Crippen molar-refractivity contribution in [3.63, 3.8) is 0 Å². The minimum absolute atomic E-state index is 0.290. The highest BCUT2D eigenvalue weighted by molar-refractivity contribution is 9.10. The molecule has 1 unspecified atom stereocenters. The Kier molecular flexibility index (Phi) is 5.20. The third-order valence-electron chi connectivity index (χ3n) is 3.24. The molecular weight excluding hydrogens is 366 g/mol. The number of nitrogens with one attached hydrogen (secondary N) is 1. The lowest BCUT2D eigenvalue weighted by molar-refractivity contribution is 0.492. The van der Waals surface area contributed by atoms with Crippen LogP contribution in [0.4, 0.5) is 0 Å². The van der Waals surface area contributed by atoms with Crippen LogP contribution in [0.2, 0.25) is 0 Å². The monoisotopic (exact) mass is 381 g/mol. The van der Waals surface area contributed by atoms with E-state index in [-0.39, 0.29) is 12.1 Å². The van der Waals surface area contributed by atoms with Gasteiger partial charge >= 0.3 is 0 Å². The van der Waals surface area contributed by atoms with Gasteiger partial charge in [-0.05, 0) is 37.1 Å². The average Bonchev–Trinajstić information content (AvgIpc) is 2.39. The minimum atomic E-state index is 0.290. The molecule has 0 heterocycles. The molecule has 0 aliphatic rings. The second kappa shape index (κ2) is 6.69. The zero-order valence-corrected chi connectivity index (χ0v) is 14.2. The molecule has 2 atom stereocenters. The molecule has 0 saturated carbocycles. The van der Waals surface area contributed by atoms with Crippen LogP contribution >= 0.6 is 31.9 Å². The Morgan fingerprint density at radius 2 is 1.11 bits per heavy atom. The van der Waals surface area contributed by atoms with Gasteiger partial charge < -0.3 is 5.32 Å². The maximum Gasteiger partial charge on any atom is 0.0308 e. The summed E-state index contributed by atoms with van der Waals surface area (Å²) < 4.78 is 2.30. The van der Waals surface area contributed by atoms with E-state index in [4.69, 9.17) is 0 Å². The highest BCUT2D eigenvalue weighted by atomic mass is 79.9. The fourth-order valence-corrected chi connectivity index (χ4v) is 3.46. The van der Waals surface area contributed by atoms with Gasteiger partial charge in [0, 0.05) is 21.0 Å². The van der Waals surface area contributed by atoms with Crippen LogP contribution in [0.3, 0.4) is 0 Å². The van der Waals surface area contributed by atoms with Gasteiger partial charge in [0.1, 0.15) is 0 Å². The summed E-state index contributed by atoms with van der Waals surface area (Å²) in [7, 11) is 0. The molecule has 0 bridgehead atoms. The smallest absolute Gasteiger partial charge is 0.0308 e. The van der Waals surface area contributed by atoms with Crippen molar-refractivity contribution in [1.29, 1.82) is 0 Å². The third-order valence-corrected chi connectivity index (χ3v) is 4.69. The van der Waals surface area contributed by atoms with Crippen molar-refractivity contribution in [3.05, 3.63) is 68.6 Å². The zero-order valence-electron chi connectivity index (χ0n) is 11.0. The lowest BCUT2D eigenvalue weighted by Crippen LogP contribution is -2.23. The van der Waals surface area contributed by atoms with Gasteiger partial charge in [-0.2, -0.15) is 0 Å². The van der Waals surface area contributed by atoms with Gasteiger partial charge in [-0.1, -0.05) is 68.3 Å². The quantitative estimate of drug-likeness (QED) is 0.723. The van der Waals surface area contributed by atoms with Crippen molar-refractivity contribution < 1.29 is 0 Å².